The number of aryl methyl sites for hydroxylation is 1. The molecule has 0 aliphatic carbocycles. The maximum atomic E-state index is 13.4. The number of amides is 1. The van der Waals surface area contributed by atoms with Gasteiger partial charge in [0.1, 0.15) is 11.6 Å². The molecule has 0 unspecified atom stereocenters. The van der Waals surface area contributed by atoms with Crippen molar-refractivity contribution in [1.82, 2.24) is 4.98 Å². The van der Waals surface area contributed by atoms with E-state index in [2.05, 4.69) is 10.3 Å². The molecule has 0 aliphatic heterocycles. The van der Waals surface area contributed by atoms with E-state index in [1.54, 1.807) is 24.4 Å². The second-order valence-corrected chi connectivity index (χ2v) is 5.80. The van der Waals surface area contributed by atoms with Crippen LogP contribution in [0.3, 0.4) is 0 Å². The Morgan fingerprint density at radius 1 is 1.00 bits per heavy atom. The molecule has 1 aromatic heterocycles. The molecule has 0 atom stereocenters. The molecule has 5 heteroatoms. The highest BCUT2D eigenvalue weighted by Crippen LogP contribution is 2.25. The predicted molar refractivity (Wildman–Crippen MR) is 98.4 cm³/mol. The van der Waals surface area contributed by atoms with Crippen molar-refractivity contribution in [1.29, 1.82) is 0 Å². The van der Waals surface area contributed by atoms with E-state index in [-0.39, 0.29) is 11.7 Å². The Labute approximate surface area is 150 Å². The van der Waals surface area contributed by atoms with Crippen molar-refractivity contribution in [2.45, 2.75) is 6.92 Å². The van der Waals surface area contributed by atoms with Gasteiger partial charge in [0, 0.05) is 23.5 Å². The minimum Gasteiger partial charge on any atom is -0.322 e. The highest BCUT2D eigenvalue weighted by Gasteiger charge is 2.06. The van der Waals surface area contributed by atoms with E-state index in [1.165, 1.54) is 30.4 Å². The third kappa shape index (κ3) is 4.39. The van der Waals surface area contributed by atoms with Crippen molar-refractivity contribution < 1.29 is 13.6 Å². The monoisotopic (exact) mass is 350 g/mol. The lowest BCUT2D eigenvalue weighted by molar-refractivity contribution is -0.111. The summed E-state index contributed by atoms with van der Waals surface area (Å²) in [5.74, 6) is -1.13. The third-order valence-corrected chi connectivity index (χ3v) is 3.81. The van der Waals surface area contributed by atoms with Gasteiger partial charge < -0.3 is 5.32 Å². The number of hydrogen-bond donors (Lipinski definition) is 1. The predicted octanol–water partition coefficient (Wildman–Crippen LogP) is 4.99. The number of pyridine rings is 1. The molecule has 0 saturated carbocycles. The number of nitrogens with one attached hydrogen (secondary N) is 1. The molecular weight excluding hydrogens is 334 g/mol. The number of nitrogens with zero attached hydrogens (tertiary/aromatic N) is 1. The first-order valence-corrected chi connectivity index (χ1v) is 7.97. The SMILES string of the molecule is Cc1ccc(-c2cncc(F)c2)cc1NC(=O)/C=C/c1cccc(F)c1. The maximum absolute atomic E-state index is 13.4. The fraction of sp³-hybridized carbons (Fsp3) is 0.0476. The average Bonchev–Trinajstić information content (AvgIpc) is 2.62. The molecule has 0 spiro atoms. The summed E-state index contributed by atoms with van der Waals surface area (Å²) in [6.45, 7) is 1.86. The van der Waals surface area contributed by atoms with Crippen molar-refractivity contribution in [2.75, 3.05) is 5.32 Å². The summed E-state index contributed by atoms with van der Waals surface area (Å²) in [6, 6.07) is 12.8. The zero-order valence-corrected chi connectivity index (χ0v) is 14.0. The fourth-order valence-corrected chi connectivity index (χ4v) is 2.46. The van der Waals surface area contributed by atoms with Gasteiger partial charge in [-0.15, -0.1) is 0 Å². The van der Waals surface area contributed by atoms with Gasteiger partial charge in [-0.25, -0.2) is 8.78 Å². The second kappa shape index (κ2) is 7.70. The summed E-state index contributed by atoms with van der Waals surface area (Å²) in [5, 5.41) is 2.79. The minimum atomic E-state index is -0.424. The first-order valence-electron chi connectivity index (χ1n) is 7.97. The van der Waals surface area contributed by atoms with Crippen LogP contribution in [-0.2, 0) is 4.79 Å². The molecule has 26 heavy (non-hydrogen) atoms. The van der Waals surface area contributed by atoms with Crippen LogP contribution >= 0.6 is 0 Å². The van der Waals surface area contributed by atoms with E-state index < -0.39 is 5.82 Å². The van der Waals surface area contributed by atoms with Crippen LogP contribution in [0.25, 0.3) is 17.2 Å². The summed E-state index contributed by atoms with van der Waals surface area (Å²) in [7, 11) is 0. The average molecular weight is 350 g/mol. The third-order valence-electron chi connectivity index (χ3n) is 3.81. The molecular formula is C21H16F2N2O. The Hall–Kier alpha value is -3.34. The van der Waals surface area contributed by atoms with Gasteiger partial charge in [-0.2, -0.15) is 0 Å². The number of rotatable bonds is 4. The molecule has 130 valence electrons. The van der Waals surface area contributed by atoms with E-state index in [4.69, 9.17) is 0 Å². The smallest absolute Gasteiger partial charge is 0.248 e. The zero-order valence-electron chi connectivity index (χ0n) is 14.0. The fourth-order valence-electron chi connectivity index (χ4n) is 2.46. The van der Waals surface area contributed by atoms with Crippen LogP contribution in [-0.4, -0.2) is 10.9 Å². The van der Waals surface area contributed by atoms with Crippen LogP contribution in [0.2, 0.25) is 0 Å². The highest BCUT2D eigenvalue weighted by molar-refractivity contribution is 6.02. The normalized spacial score (nSPS) is 10.9. The van der Waals surface area contributed by atoms with E-state index >= 15 is 0 Å². The lowest BCUT2D eigenvalue weighted by Gasteiger charge is -2.09. The van der Waals surface area contributed by atoms with Crippen LogP contribution in [0.15, 0.2) is 67.0 Å². The lowest BCUT2D eigenvalue weighted by atomic mass is 10.0. The van der Waals surface area contributed by atoms with E-state index in [9.17, 15) is 13.6 Å². The van der Waals surface area contributed by atoms with Gasteiger partial charge in [0.2, 0.25) is 5.91 Å². The molecule has 3 nitrogen and oxygen atoms in total. The van der Waals surface area contributed by atoms with Gasteiger partial charge in [-0.05, 0) is 54.0 Å². The summed E-state index contributed by atoms with van der Waals surface area (Å²) >= 11 is 0. The van der Waals surface area contributed by atoms with Gasteiger partial charge in [0.25, 0.3) is 0 Å². The molecule has 0 aliphatic rings. The molecule has 1 heterocycles. The van der Waals surface area contributed by atoms with E-state index in [0.29, 0.717) is 16.8 Å². The molecule has 3 rings (SSSR count). The van der Waals surface area contributed by atoms with Crippen molar-refractivity contribution in [3.8, 4) is 11.1 Å². The molecule has 0 bridgehead atoms. The Bertz CT molecular complexity index is 983. The van der Waals surface area contributed by atoms with Crippen LogP contribution in [0.1, 0.15) is 11.1 Å². The number of carbonyl (C=O) groups is 1. The molecule has 2 aromatic carbocycles. The van der Waals surface area contributed by atoms with Crippen LogP contribution < -0.4 is 5.32 Å². The van der Waals surface area contributed by atoms with E-state index in [0.717, 1.165) is 17.3 Å². The first-order chi connectivity index (χ1) is 12.5. The van der Waals surface area contributed by atoms with Gasteiger partial charge in [-0.3, -0.25) is 9.78 Å². The largest absolute Gasteiger partial charge is 0.322 e. The summed E-state index contributed by atoms with van der Waals surface area (Å²) in [6.07, 6.45) is 5.57. The van der Waals surface area contributed by atoms with Crippen molar-refractivity contribution in [2.24, 2.45) is 0 Å². The second-order valence-electron chi connectivity index (χ2n) is 5.80. The number of anilines is 1. The van der Waals surface area contributed by atoms with Gasteiger partial charge in [0.15, 0.2) is 0 Å². The summed E-state index contributed by atoms with van der Waals surface area (Å²) in [5.41, 5.74) is 3.44. The number of benzene rings is 2. The Morgan fingerprint density at radius 2 is 1.85 bits per heavy atom. The quantitative estimate of drug-likeness (QED) is 0.674. The number of halogens is 2. The number of aromatic nitrogens is 1. The first kappa shape index (κ1) is 17.5. The highest BCUT2D eigenvalue weighted by atomic mass is 19.1. The van der Waals surface area contributed by atoms with Crippen LogP contribution in [0.5, 0.6) is 0 Å². The molecule has 0 fully saturated rings. The molecule has 1 amide bonds. The Kier molecular flexibility index (Phi) is 5.17. The number of carbonyl (C=O) groups excluding carboxylic acids is 1. The zero-order chi connectivity index (χ0) is 18.5. The molecule has 1 N–H and O–H groups in total. The summed E-state index contributed by atoms with van der Waals surface area (Å²) in [4.78, 5) is 16.0. The molecule has 0 saturated heterocycles. The summed E-state index contributed by atoms with van der Waals surface area (Å²) < 4.78 is 26.5. The van der Waals surface area contributed by atoms with Gasteiger partial charge in [-0.1, -0.05) is 24.3 Å². The Morgan fingerprint density at radius 3 is 2.62 bits per heavy atom. The van der Waals surface area contributed by atoms with Gasteiger partial charge in [0.05, 0.1) is 6.20 Å². The Balaban J connectivity index is 1.78. The maximum Gasteiger partial charge on any atom is 0.248 e. The van der Waals surface area contributed by atoms with Crippen molar-refractivity contribution >= 4 is 17.7 Å². The van der Waals surface area contributed by atoms with Gasteiger partial charge >= 0.3 is 0 Å². The lowest BCUT2D eigenvalue weighted by Crippen LogP contribution is -2.09. The topological polar surface area (TPSA) is 42.0 Å². The number of hydrogen-bond acceptors (Lipinski definition) is 2. The van der Waals surface area contributed by atoms with E-state index in [1.807, 2.05) is 19.1 Å². The van der Waals surface area contributed by atoms with Crippen molar-refractivity contribution in [3.63, 3.8) is 0 Å². The molecule has 0 radical (unpaired) electrons. The molecule has 3 aromatic rings. The van der Waals surface area contributed by atoms with Crippen LogP contribution in [0, 0.1) is 18.6 Å². The minimum absolute atomic E-state index is 0.341. The van der Waals surface area contributed by atoms with Crippen LogP contribution in [0.4, 0.5) is 14.5 Å². The van der Waals surface area contributed by atoms with Crippen molar-refractivity contribution in [3.05, 3.63) is 89.8 Å². The standard InChI is InChI=1S/C21H16F2N2O/c1-14-5-7-16(17-10-19(23)13-24-12-17)11-20(14)25-21(26)8-6-15-3-2-4-18(22)9-15/h2-13H,1H3,(H,25,26)/b8-6+.